The second-order valence-electron chi connectivity index (χ2n) is 20.1. The molecule has 14 aromatic rings. The van der Waals surface area contributed by atoms with E-state index in [1.807, 2.05) is 60.7 Å². The van der Waals surface area contributed by atoms with Crippen LogP contribution < -0.4 is 0 Å². The summed E-state index contributed by atoms with van der Waals surface area (Å²) in [6, 6.07) is 83.6. The molecule has 1 aliphatic rings. The molecule has 0 aliphatic heterocycles. The summed E-state index contributed by atoms with van der Waals surface area (Å²) in [4.78, 5) is 0. The normalized spacial score (nSPS) is 13.2. The van der Waals surface area contributed by atoms with Crippen molar-refractivity contribution in [2.24, 2.45) is 0 Å². The molecule has 3 heterocycles. The Labute approximate surface area is 445 Å². The van der Waals surface area contributed by atoms with E-state index in [0.717, 1.165) is 117 Å². The molecule has 11 aromatic carbocycles. The maximum atomic E-state index is 14.2. The van der Waals surface area contributed by atoms with Crippen LogP contribution in [0.1, 0.15) is 39.3 Å². The van der Waals surface area contributed by atoms with Crippen molar-refractivity contribution in [3.63, 3.8) is 0 Å². The van der Waals surface area contributed by atoms with Crippen LogP contribution in [-0.2, 0) is 6.18 Å². The van der Waals surface area contributed by atoms with E-state index in [-0.39, 0.29) is 11.5 Å². The summed E-state index contributed by atoms with van der Waals surface area (Å²) >= 11 is 0. The van der Waals surface area contributed by atoms with Gasteiger partial charge in [-0.25, -0.2) is 0 Å². The SMILES string of the molecule is N#Cc1ccc(-n2c3ccccc3c3cc4c5ccccc5n(-c5ccccc5)c4cc32)c(-c2ccc(-c3ccc(C(F)(F)F)cc3C#N)cc2-n2c3ccccc3c3cc4c(cc32)C(c2ccccc2)c2ccccc2-4)c1. The second-order valence-corrected chi connectivity index (χ2v) is 20.1. The van der Waals surface area contributed by atoms with Gasteiger partial charge in [0.1, 0.15) is 0 Å². The van der Waals surface area contributed by atoms with Crippen molar-refractivity contribution in [2.75, 3.05) is 0 Å². The van der Waals surface area contributed by atoms with Crippen LogP contribution in [0.2, 0.25) is 0 Å². The summed E-state index contributed by atoms with van der Waals surface area (Å²) in [7, 11) is 0. The standard InChI is InChI=1S/C70H40F3N5/c71-70(72,73)46-29-31-48(45(34-46)41-75)44-28-30-53(65(35-44)78-63-26-14-11-21-51(63)57-36-55-49-19-7-8-23-54(49)69(60(55)38-66(57)78)43-15-3-1-4-16-43)56-33-42(40-74)27-32-64(56)77-62-25-13-10-22-52(62)59-37-58-50-20-9-12-24-61(50)76(67(58)39-68(59)77)47-17-5-2-6-18-47/h1-39,69H. The van der Waals surface area contributed by atoms with Crippen molar-refractivity contribution < 1.29 is 13.2 Å². The highest BCUT2D eigenvalue weighted by Crippen LogP contribution is 2.52. The molecule has 0 bridgehead atoms. The number of rotatable bonds is 6. The molecule has 78 heavy (non-hydrogen) atoms. The van der Waals surface area contributed by atoms with Gasteiger partial charge in [0, 0.05) is 55.0 Å². The smallest absolute Gasteiger partial charge is 0.309 e. The Morgan fingerprint density at radius 1 is 0.359 bits per heavy atom. The molecule has 0 saturated carbocycles. The lowest BCUT2D eigenvalue weighted by Crippen LogP contribution is -2.06. The molecule has 366 valence electrons. The van der Waals surface area contributed by atoms with Gasteiger partial charge in [0.25, 0.3) is 0 Å². The highest BCUT2D eigenvalue weighted by molar-refractivity contribution is 6.20. The Morgan fingerprint density at radius 3 is 1.62 bits per heavy atom. The van der Waals surface area contributed by atoms with Gasteiger partial charge in [-0.05, 0) is 130 Å². The fourth-order valence-electron chi connectivity index (χ4n) is 12.7. The third kappa shape index (κ3) is 6.67. The predicted octanol–water partition coefficient (Wildman–Crippen LogP) is 18.2. The zero-order valence-electron chi connectivity index (χ0n) is 41.5. The molecular weight excluding hydrogens is 968 g/mol. The van der Waals surface area contributed by atoms with E-state index in [0.29, 0.717) is 16.7 Å². The van der Waals surface area contributed by atoms with Gasteiger partial charge in [0.15, 0.2) is 0 Å². The highest BCUT2D eigenvalue weighted by Gasteiger charge is 2.33. The maximum absolute atomic E-state index is 14.2. The van der Waals surface area contributed by atoms with Crippen molar-refractivity contribution in [1.82, 2.24) is 13.7 Å². The lowest BCUT2D eigenvalue weighted by molar-refractivity contribution is -0.137. The molecule has 0 radical (unpaired) electrons. The maximum Gasteiger partial charge on any atom is 0.416 e. The molecule has 1 unspecified atom stereocenters. The first-order chi connectivity index (χ1) is 38.2. The van der Waals surface area contributed by atoms with Gasteiger partial charge in [-0.1, -0.05) is 146 Å². The molecule has 15 rings (SSSR count). The Hall–Kier alpha value is -10.4. The number of hydrogen-bond acceptors (Lipinski definition) is 2. The first-order valence-corrected chi connectivity index (χ1v) is 25.8. The summed E-state index contributed by atoms with van der Waals surface area (Å²) in [6.07, 6.45) is -4.64. The van der Waals surface area contributed by atoms with Gasteiger partial charge >= 0.3 is 6.18 Å². The van der Waals surface area contributed by atoms with Crippen LogP contribution in [0.15, 0.2) is 237 Å². The number of fused-ring (bicyclic) bond motifs is 12. The summed E-state index contributed by atoms with van der Waals surface area (Å²) in [5.41, 5.74) is 16.3. The number of nitrogens with zero attached hydrogens (tertiary/aromatic N) is 5. The molecule has 3 aromatic heterocycles. The zero-order chi connectivity index (χ0) is 52.4. The average Bonchev–Trinajstić information content (AvgIpc) is 3.95. The minimum Gasteiger partial charge on any atom is -0.309 e. The second kappa shape index (κ2) is 17.1. The number of nitriles is 2. The van der Waals surface area contributed by atoms with Crippen molar-refractivity contribution >= 4 is 65.4 Å². The van der Waals surface area contributed by atoms with E-state index >= 15 is 0 Å². The number of aromatic nitrogens is 3. The molecule has 0 saturated heterocycles. The van der Waals surface area contributed by atoms with Crippen molar-refractivity contribution in [3.05, 3.63) is 270 Å². The number of alkyl halides is 3. The third-order valence-corrected chi connectivity index (χ3v) is 16.0. The molecule has 0 amide bonds. The first-order valence-electron chi connectivity index (χ1n) is 25.8. The number of hydrogen-bond donors (Lipinski definition) is 0. The van der Waals surface area contributed by atoms with E-state index in [1.54, 1.807) is 0 Å². The van der Waals surface area contributed by atoms with Crippen molar-refractivity contribution in [2.45, 2.75) is 12.1 Å². The average molecular weight is 1010 g/mol. The van der Waals surface area contributed by atoms with Crippen LogP contribution in [-0.4, -0.2) is 13.7 Å². The van der Waals surface area contributed by atoms with Crippen molar-refractivity contribution in [1.29, 1.82) is 10.5 Å². The molecule has 0 N–H and O–H groups in total. The summed E-state index contributed by atoms with van der Waals surface area (Å²) < 4.78 is 49.6. The molecule has 0 fully saturated rings. The minimum atomic E-state index is -4.64. The summed E-state index contributed by atoms with van der Waals surface area (Å²) in [5, 5.41) is 27.7. The largest absolute Gasteiger partial charge is 0.416 e. The molecule has 1 atom stereocenters. The van der Waals surface area contributed by atoms with Gasteiger partial charge in [-0.3, -0.25) is 0 Å². The Kier molecular flexibility index (Phi) is 9.85. The van der Waals surface area contributed by atoms with Gasteiger partial charge in [0.05, 0.1) is 73.3 Å². The fourth-order valence-corrected chi connectivity index (χ4v) is 12.7. The lowest BCUT2D eigenvalue weighted by Gasteiger charge is -2.21. The van der Waals surface area contributed by atoms with E-state index in [4.69, 9.17) is 0 Å². The first kappa shape index (κ1) is 45.0. The van der Waals surface area contributed by atoms with Crippen LogP contribution in [0, 0.1) is 22.7 Å². The Balaban J connectivity index is 1.05. The van der Waals surface area contributed by atoms with Gasteiger partial charge in [-0.2, -0.15) is 23.7 Å². The monoisotopic (exact) mass is 1010 g/mol. The minimum absolute atomic E-state index is 0.0503. The van der Waals surface area contributed by atoms with Crippen molar-refractivity contribution in [3.8, 4) is 62.6 Å². The van der Waals surface area contributed by atoms with Gasteiger partial charge in [-0.15, -0.1) is 0 Å². The van der Waals surface area contributed by atoms with Gasteiger partial charge < -0.3 is 13.7 Å². The lowest BCUT2D eigenvalue weighted by atomic mass is 9.89. The third-order valence-electron chi connectivity index (χ3n) is 16.0. The van der Waals surface area contributed by atoms with Crippen LogP contribution in [0.25, 0.3) is 116 Å². The number of benzene rings is 11. The number of para-hydroxylation sites is 4. The van der Waals surface area contributed by atoms with Crippen LogP contribution >= 0.6 is 0 Å². The van der Waals surface area contributed by atoms with E-state index < -0.39 is 11.7 Å². The Morgan fingerprint density at radius 2 is 0.936 bits per heavy atom. The van der Waals surface area contributed by atoms with E-state index in [1.165, 1.54) is 22.8 Å². The van der Waals surface area contributed by atoms with Crippen LogP contribution in [0.5, 0.6) is 0 Å². The predicted molar refractivity (Wildman–Crippen MR) is 308 cm³/mol. The summed E-state index contributed by atoms with van der Waals surface area (Å²) in [5.74, 6) is -0.0503. The summed E-state index contributed by atoms with van der Waals surface area (Å²) in [6.45, 7) is 0. The van der Waals surface area contributed by atoms with Crippen LogP contribution in [0.4, 0.5) is 13.2 Å². The highest BCUT2D eigenvalue weighted by atomic mass is 19.4. The van der Waals surface area contributed by atoms with E-state index in [9.17, 15) is 23.7 Å². The molecule has 8 heteroatoms. The molecule has 0 spiro atoms. The molecule has 1 aliphatic carbocycles. The fraction of sp³-hybridized carbons (Fsp3) is 0.0286. The van der Waals surface area contributed by atoms with Crippen LogP contribution in [0.3, 0.4) is 0 Å². The zero-order valence-corrected chi connectivity index (χ0v) is 41.5. The number of halogens is 3. The molecule has 5 nitrogen and oxygen atoms in total. The molecular formula is C70H40F3N5. The topological polar surface area (TPSA) is 62.4 Å². The van der Waals surface area contributed by atoms with E-state index in [2.05, 4.69) is 184 Å². The Bertz CT molecular complexity index is 4930. The van der Waals surface area contributed by atoms with Gasteiger partial charge in [0.2, 0.25) is 0 Å². The quantitative estimate of drug-likeness (QED) is 0.167.